The number of carbonyl (C=O) groups is 1. The van der Waals surface area contributed by atoms with Crippen LogP contribution in [0.2, 0.25) is 10.0 Å². The lowest BCUT2D eigenvalue weighted by molar-refractivity contribution is -0.121. The van der Waals surface area contributed by atoms with Gasteiger partial charge in [0.15, 0.2) is 5.96 Å². The summed E-state index contributed by atoms with van der Waals surface area (Å²) in [5.74, 6) is 0.0542. The molecule has 5 nitrogen and oxygen atoms in total. The zero-order chi connectivity index (χ0) is 17.9. The maximum Gasteiger partial charge on any atom is 0.220 e. The topological polar surface area (TPSA) is 91.0 Å². The Bertz CT molecular complexity index is 551. The normalized spacial score (nSPS) is 11.8. The van der Waals surface area contributed by atoms with E-state index in [1.165, 1.54) is 0 Å². The average molecular weight is 373 g/mol. The lowest BCUT2D eigenvalue weighted by Crippen LogP contribution is -2.38. The van der Waals surface area contributed by atoms with Crippen molar-refractivity contribution in [1.82, 2.24) is 10.6 Å². The van der Waals surface area contributed by atoms with Crippen LogP contribution in [0.15, 0.2) is 18.2 Å². The molecule has 1 aromatic carbocycles. The zero-order valence-corrected chi connectivity index (χ0v) is 15.5. The number of amides is 1. The molecule has 0 radical (unpaired) electrons. The second-order valence-electron chi connectivity index (χ2n) is 5.79. The van der Waals surface area contributed by atoms with Crippen molar-refractivity contribution >= 4 is 35.1 Å². The summed E-state index contributed by atoms with van der Waals surface area (Å²) in [5, 5.41) is 14.1. The number of rotatable bonds is 10. The van der Waals surface area contributed by atoms with E-state index < -0.39 is 0 Å². The molecular weight excluding hydrogens is 347 g/mol. The smallest absolute Gasteiger partial charge is 0.220 e. The van der Waals surface area contributed by atoms with Crippen molar-refractivity contribution in [2.24, 2.45) is 5.73 Å². The van der Waals surface area contributed by atoms with E-state index in [-0.39, 0.29) is 17.9 Å². The molecule has 1 atom stereocenters. The van der Waals surface area contributed by atoms with Gasteiger partial charge in [0, 0.05) is 19.0 Å². The maximum absolute atomic E-state index is 11.8. The monoisotopic (exact) mass is 372 g/mol. The van der Waals surface area contributed by atoms with Crippen molar-refractivity contribution in [2.45, 2.75) is 58.0 Å². The molecule has 24 heavy (non-hydrogen) atoms. The molecule has 7 heteroatoms. The summed E-state index contributed by atoms with van der Waals surface area (Å²) in [7, 11) is 0. The SMILES string of the molecule is CCC(CCCCCC(=O)NCc1ccc(Cl)c(Cl)c1)NC(=N)N. The number of carbonyl (C=O) groups excluding carboxylic acids is 1. The minimum atomic E-state index is 0.0172. The Morgan fingerprint density at radius 1 is 1.25 bits per heavy atom. The first-order valence-corrected chi connectivity index (χ1v) is 8.99. The molecule has 0 aliphatic rings. The number of nitrogens with one attached hydrogen (secondary N) is 3. The summed E-state index contributed by atoms with van der Waals surface area (Å²) in [6.07, 6.45) is 5.25. The average Bonchev–Trinajstić information content (AvgIpc) is 2.54. The summed E-state index contributed by atoms with van der Waals surface area (Å²) in [6.45, 7) is 2.52. The Morgan fingerprint density at radius 3 is 2.62 bits per heavy atom. The highest BCUT2D eigenvalue weighted by atomic mass is 35.5. The minimum absolute atomic E-state index is 0.0172. The molecule has 0 aromatic heterocycles. The summed E-state index contributed by atoms with van der Waals surface area (Å²) in [5.41, 5.74) is 6.27. The highest BCUT2D eigenvalue weighted by Crippen LogP contribution is 2.22. The third-order valence-electron chi connectivity index (χ3n) is 3.78. The predicted octanol–water partition coefficient (Wildman–Crippen LogP) is 3.82. The number of benzene rings is 1. The van der Waals surface area contributed by atoms with Gasteiger partial charge in [-0.3, -0.25) is 10.2 Å². The van der Waals surface area contributed by atoms with Gasteiger partial charge in [0.1, 0.15) is 0 Å². The fourth-order valence-corrected chi connectivity index (χ4v) is 2.71. The van der Waals surface area contributed by atoms with Crippen LogP contribution in [0.3, 0.4) is 0 Å². The number of nitrogens with two attached hydrogens (primary N) is 1. The molecule has 1 unspecified atom stereocenters. The maximum atomic E-state index is 11.8. The van der Waals surface area contributed by atoms with Crippen LogP contribution in [0.5, 0.6) is 0 Å². The summed E-state index contributed by atoms with van der Waals surface area (Å²) >= 11 is 11.8. The van der Waals surface area contributed by atoms with Gasteiger partial charge >= 0.3 is 0 Å². The zero-order valence-electron chi connectivity index (χ0n) is 14.0. The first-order chi connectivity index (χ1) is 11.4. The van der Waals surface area contributed by atoms with E-state index in [2.05, 4.69) is 17.6 Å². The van der Waals surface area contributed by atoms with Crippen molar-refractivity contribution in [3.63, 3.8) is 0 Å². The lowest BCUT2D eigenvalue weighted by atomic mass is 10.1. The first kappa shape index (κ1) is 20.6. The van der Waals surface area contributed by atoms with Gasteiger partial charge in [0.05, 0.1) is 10.0 Å². The Labute approximate surface area is 153 Å². The number of hydrogen-bond acceptors (Lipinski definition) is 2. The van der Waals surface area contributed by atoms with Gasteiger partial charge < -0.3 is 16.4 Å². The Morgan fingerprint density at radius 2 is 2.00 bits per heavy atom. The van der Waals surface area contributed by atoms with E-state index in [4.69, 9.17) is 34.3 Å². The van der Waals surface area contributed by atoms with Crippen LogP contribution in [0.1, 0.15) is 51.0 Å². The predicted molar refractivity (Wildman–Crippen MR) is 101 cm³/mol. The van der Waals surface area contributed by atoms with Gasteiger partial charge in [-0.1, -0.05) is 49.0 Å². The van der Waals surface area contributed by atoms with Crippen molar-refractivity contribution in [3.8, 4) is 0 Å². The molecule has 134 valence electrons. The molecule has 0 aliphatic heterocycles. The fourth-order valence-electron chi connectivity index (χ4n) is 2.39. The quantitative estimate of drug-likeness (QED) is 0.285. The van der Waals surface area contributed by atoms with E-state index in [9.17, 15) is 4.79 Å². The van der Waals surface area contributed by atoms with E-state index in [1.807, 2.05) is 6.07 Å². The van der Waals surface area contributed by atoms with E-state index in [0.29, 0.717) is 23.0 Å². The highest BCUT2D eigenvalue weighted by molar-refractivity contribution is 6.42. The van der Waals surface area contributed by atoms with Gasteiger partial charge in [-0.05, 0) is 37.0 Å². The van der Waals surface area contributed by atoms with Crippen molar-refractivity contribution in [2.75, 3.05) is 0 Å². The Hall–Kier alpha value is -1.46. The summed E-state index contributed by atoms with van der Waals surface area (Å²) < 4.78 is 0. The van der Waals surface area contributed by atoms with E-state index in [0.717, 1.165) is 37.7 Å². The molecule has 1 aromatic rings. The minimum Gasteiger partial charge on any atom is -0.370 e. The summed E-state index contributed by atoms with van der Waals surface area (Å²) in [4.78, 5) is 11.8. The molecule has 1 rings (SSSR count). The highest BCUT2D eigenvalue weighted by Gasteiger charge is 2.07. The number of halogens is 2. The van der Waals surface area contributed by atoms with Crippen LogP contribution in [-0.4, -0.2) is 17.9 Å². The van der Waals surface area contributed by atoms with Crippen LogP contribution >= 0.6 is 23.2 Å². The van der Waals surface area contributed by atoms with Gasteiger partial charge in [0.2, 0.25) is 5.91 Å². The van der Waals surface area contributed by atoms with Gasteiger partial charge in [0.25, 0.3) is 0 Å². The molecule has 0 saturated heterocycles. The Kier molecular flexibility index (Phi) is 9.57. The van der Waals surface area contributed by atoms with Crippen LogP contribution in [0, 0.1) is 5.41 Å². The second kappa shape index (κ2) is 11.2. The molecule has 5 N–H and O–H groups in total. The number of hydrogen-bond donors (Lipinski definition) is 4. The number of unbranched alkanes of at least 4 members (excludes halogenated alkanes) is 2. The third kappa shape index (κ3) is 8.41. The fraction of sp³-hybridized carbons (Fsp3) is 0.529. The lowest BCUT2D eigenvalue weighted by Gasteiger charge is -2.16. The molecule has 0 saturated carbocycles. The second-order valence-corrected chi connectivity index (χ2v) is 6.60. The molecule has 0 aliphatic carbocycles. The molecule has 1 amide bonds. The number of guanidine groups is 1. The molecule has 0 spiro atoms. The van der Waals surface area contributed by atoms with Crippen molar-refractivity contribution in [3.05, 3.63) is 33.8 Å². The third-order valence-corrected chi connectivity index (χ3v) is 4.52. The van der Waals surface area contributed by atoms with Crippen LogP contribution in [0.4, 0.5) is 0 Å². The van der Waals surface area contributed by atoms with Gasteiger partial charge in [-0.25, -0.2) is 0 Å². The van der Waals surface area contributed by atoms with Gasteiger partial charge in [-0.15, -0.1) is 0 Å². The largest absolute Gasteiger partial charge is 0.370 e. The van der Waals surface area contributed by atoms with Crippen LogP contribution < -0.4 is 16.4 Å². The summed E-state index contributed by atoms with van der Waals surface area (Å²) in [6, 6.07) is 5.58. The van der Waals surface area contributed by atoms with Gasteiger partial charge in [-0.2, -0.15) is 0 Å². The van der Waals surface area contributed by atoms with E-state index in [1.54, 1.807) is 12.1 Å². The Balaban J connectivity index is 2.15. The standard InChI is InChI=1S/C17H26Cl2N4O/c1-2-13(23-17(20)21)6-4-3-5-7-16(24)22-11-12-8-9-14(18)15(19)10-12/h8-10,13H,2-7,11H2,1H3,(H,22,24)(H4,20,21,23). The van der Waals surface area contributed by atoms with Crippen molar-refractivity contribution in [1.29, 1.82) is 5.41 Å². The first-order valence-electron chi connectivity index (χ1n) is 8.23. The van der Waals surface area contributed by atoms with Crippen LogP contribution in [0.25, 0.3) is 0 Å². The molecule has 0 bridgehead atoms. The van der Waals surface area contributed by atoms with Crippen molar-refractivity contribution < 1.29 is 4.79 Å². The van der Waals surface area contributed by atoms with E-state index >= 15 is 0 Å². The molecule has 0 heterocycles. The molecular formula is C17H26Cl2N4O. The molecule has 0 fully saturated rings. The van der Waals surface area contributed by atoms with Crippen LogP contribution in [-0.2, 0) is 11.3 Å².